The Morgan fingerprint density at radius 2 is 2.08 bits per heavy atom. The molecule has 0 radical (unpaired) electrons. The third-order valence-corrected chi connectivity index (χ3v) is 5.24. The van der Waals surface area contributed by atoms with Crippen molar-refractivity contribution in [2.24, 2.45) is 0 Å². The second kappa shape index (κ2) is 6.76. The molecular weight excluding hydrogens is 334 g/mol. The van der Waals surface area contributed by atoms with Gasteiger partial charge < -0.3 is 9.88 Å². The summed E-state index contributed by atoms with van der Waals surface area (Å²) in [4.78, 5) is 16.6. The molecule has 3 aromatic rings. The molecule has 25 heavy (non-hydrogen) atoms. The molecule has 1 aromatic carbocycles. The molecule has 0 saturated carbocycles. The average Bonchev–Trinajstić information content (AvgIpc) is 3.19. The number of nitrogens with one attached hydrogen (secondary N) is 1. The maximum absolute atomic E-state index is 12.3. The first-order valence-electron chi connectivity index (χ1n) is 8.41. The first-order valence-corrected chi connectivity index (χ1v) is 9.29. The predicted molar refractivity (Wildman–Crippen MR) is 96.5 cm³/mol. The fourth-order valence-corrected chi connectivity index (χ4v) is 3.75. The molecule has 3 heterocycles. The Bertz CT molecular complexity index is 886. The number of benzene rings is 1. The topological polar surface area (TPSA) is 72.7 Å². The van der Waals surface area contributed by atoms with Crippen molar-refractivity contribution in [1.82, 2.24) is 25.1 Å². The summed E-state index contributed by atoms with van der Waals surface area (Å²) in [5.41, 5.74) is 1.58. The number of thiazole rings is 1. The van der Waals surface area contributed by atoms with Crippen LogP contribution in [0.15, 0.2) is 35.7 Å². The Labute approximate surface area is 149 Å². The van der Waals surface area contributed by atoms with Gasteiger partial charge in [-0.2, -0.15) is 0 Å². The van der Waals surface area contributed by atoms with Crippen LogP contribution < -0.4 is 5.32 Å². The van der Waals surface area contributed by atoms with Crippen molar-refractivity contribution in [2.75, 3.05) is 0 Å². The predicted octanol–water partition coefficient (Wildman–Crippen LogP) is 2.84. The van der Waals surface area contributed by atoms with Gasteiger partial charge in [-0.3, -0.25) is 4.79 Å². The molecule has 2 aromatic heterocycles. The number of aromatic nitrogens is 4. The summed E-state index contributed by atoms with van der Waals surface area (Å²) in [5, 5.41) is 14.6. The van der Waals surface area contributed by atoms with Gasteiger partial charge in [0, 0.05) is 30.0 Å². The van der Waals surface area contributed by atoms with Crippen molar-refractivity contribution in [3.05, 3.63) is 52.2 Å². The monoisotopic (exact) mass is 353 g/mol. The van der Waals surface area contributed by atoms with Gasteiger partial charge in [0.2, 0.25) is 0 Å². The summed E-state index contributed by atoms with van der Waals surface area (Å²) in [6, 6.07) is 10.2. The molecule has 128 valence electrons. The summed E-state index contributed by atoms with van der Waals surface area (Å²) < 4.78 is 2.18. The Balaban J connectivity index is 1.47. The van der Waals surface area contributed by atoms with E-state index in [1.54, 1.807) is 0 Å². The van der Waals surface area contributed by atoms with E-state index in [1.165, 1.54) is 11.3 Å². The normalized spacial score (nSPS) is 16.9. The number of carbonyl (C=O) groups is 1. The molecule has 0 aliphatic carbocycles. The Morgan fingerprint density at radius 1 is 1.24 bits per heavy atom. The van der Waals surface area contributed by atoms with E-state index in [0.29, 0.717) is 5.69 Å². The van der Waals surface area contributed by atoms with E-state index in [0.717, 1.165) is 48.0 Å². The SMILES string of the molecule is Cc1nc(C(=O)NC2CCc3nnc(-c4ccccc4)n3CC2)cs1. The van der Waals surface area contributed by atoms with Gasteiger partial charge in [-0.15, -0.1) is 21.5 Å². The first kappa shape index (κ1) is 16.0. The smallest absolute Gasteiger partial charge is 0.270 e. The quantitative estimate of drug-likeness (QED) is 0.786. The largest absolute Gasteiger partial charge is 0.348 e. The van der Waals surface area contributed by atoms with Crippen molar-refractivity contribution in [3.8, 4) is 11.4 Å². The molecule has 1 aliphatic heterocycles. The van der Waals surface area contributed by atoms with Crippen LogP contribution in [0.3, 0.4) is 0 Å². The molecule has 4 rings (SSSR count). The van der Waals surface area contributed by atoms with Gasteiger partial charge in [0.15, 0.2) is 5.82 Å². The Morgan fingerprint density at radius 3 is 2.84 bits per heavy atom. The number of aryl methyl sites for hydroxylation is 2. The fraction of sp³-hybridized carbons (Fsp3) is 0.333. The molecular formula is C18H19N5OS. The lowest BCUT2D eigenvalue weighted by atomic mass is 10.1. The lowest BCUT2D eigenvalue weighted by molar-refractivity contribution is 0.0928. The third-order valence-electron chi connectivity index (χ3n) is 4.46. The molecule has 1 atom stereocenters. The van der Waals surface area contributed by atoms with Gasteiger partial charge in [0.25, 0.3) is 5.91 Å². The van der Waals surface area contributed by atoms with Crippen LogP contribution in [0.4, 0.5) is 0 Å². The summed E-state index contributed by atoms with van der Waals surface area (Å²) >= 11 is 1.50. The first-order chi connectivity index (χ1) is 12.2. The summed E-state index contributed by atoms with van der Waals surface area (Å²) in [5.74, 6) is 1.80. The van der Waals surface area contributed by atoms with E-state index in [9.17, 15) is 4.79 Å². The van der Waals surface area contributed by atoms with Gasteiger partial charge in [0.1, 0.15) is 11.5 Å². The zero-order valence-electron chi connectivity index (χ0n) is 14.0. The third kappa shape index (κ3) is 3.32. The average molecular weight is 353 g/mol. The molecule has 0 spiro atoms. The van der Waals surface area contributed by atoms with Crippen LogP contribution in [-0.4, -0.2) is 31.7 Å². The number of fused-ring (bicyclic) bond motifs is 1. The number of nitrogens with zero attached hydrogens (tertiary/aromatic N) is 4. The molecule has 7 heteroatoms. The van der Waals surface area contributed by atoms with Crippen molar-refractivity contribution in [3.63, 3.8) is 0 Å². The van der Waals surface area contributed by atoms with Gasteiger partial charge in [-0.05, 0) is 19.8 Å². The minimum absolute atomic E-state index is 0.0877. The minimum Gasteiger partial charge on any atom is -0.348 e. The van der Waals surface area contributed by atoms with Crippen LogP contribution >= 0.6 is 11.3 Å². The lowest BCUT2D eigenvalue weighted by Crippen LogP contribution is -2.35. The number of hydrogen-bond acceptors (Lipinski definition) is 5. The molecule has 1 N–H and O–H groups in total. The number of hydrogen-bond donors (Lipinski definition) is 1. The van der Waals surface area contributed by atoms with Crippen LogP contribution in [0, 0.1) is 6.92 Å². The minimum atomic E-state index is -0.0877. The van der Waals surface area contributed by atoms with Crippen LogP contribution in [0.5, 0.6) is 0 Å². The highest BCUT2D eigenvalue weighted by molar-refractivity contribution is 7.09. The van der Waals surface area contributed by atoms with Crippen molar-refractivity contribution >= 4 is 17.2 Å². The zero-order chi connectivity index (χ0) is 17.2. The standard InChI is InChI=1S/C18H19N5OS/c1-12-19-15(11-25-12)18(24)20-14-7-8-16-21-22-17(23(16)10-9-14)13-5-3-2-4-6-13/h2-6,11,14H,7-10H2,1H3,(H,20,24). The molecule has 1 aliphatic rings. The van der Waals surface area contributed by atoms with Crippen LogP contribution in [0.25, 0.3) is 11.4 Å². The summed E-state index contributed by atoms with van der Waals surface area (Å²) in [6.07, 6.45) is 2.53. The van der Waals surface area contributed by atoms with Crippen LogP contribution in [-0.2, 0) is 13.0 Å². The highest BCUT2D eigenvalue weighted by Crippen LogP contribution is 2.22. The number of rotatable bonds is 3. The molecule has 1 unspecified atom stereocenters. The van der Waals surface area contributed by atoms with E-state index < -0.39 is 0 Å². The summed E-state index contributed by atoms with van der Waals surface area (Å²) in [7, 11) is 0. The molecule has 0 fully saturated rings. The molecule has 6 nitrogen and oxygen atoms in total. The van der Waals surface area contributed by atoms with Gasteiger partial charge >= 0.3 is 0 Å². The van der Waals surface area contributed by atoms with Crippen molar-refractivity contribution < 1.29 is 4.79 Å². The maximum atomic E-state index is 12.3. The number of amides is 1. The second-order valence-electron chi connectivity index (χ2n) is 6.21. The van der Waals surface area contributed by atoms with Crippen molar-refractivity contribution in [2.45, 2.75) is 38.8 Å². The highest BCUT2D eigenvalue weighted by Gasteiger charge is 2.23. The van der Waals surface area contributed by atoms with Crippen LogP contribution in [0.2, 0.25) is 0 Å². The number of carbonyl (C=O) groups excluding carboxylic acids is 1. The zero-order valence-corrected chi connectivity index (χ0v) is 14.8. The Kier molecular flexibility index (Phi) is 4.31. The van der Waals surface area contributed by atoms with Crippen molar-refractivity contribution in [1.29, 1.82) is 0 Å². The molecule has 0 saturated heterocycles. The van der Waals surface area contributed by atoms with Crippen LogP contribution in [0.1, 0.15) is 34.2 Å². The molecule has 1 amide bonds. The van der Waals surface area contributed by atoms with Gasteiger partial charge in [-0.1, -0.05) is 30.3 Å². The van der Waals surface area contributed by atoms with E-state index >= 15 is 0 Å². The lowest BCUT2D eigenvalue weighted by Gasteiger charge is -2.15. The maximum Gasteiger partial charge on any atom is 0.270 e. The van der Waals surface area contributed by atoms with Gasteiger partial charge in [-0.25, -0.2) is 4.98 Å². The molecule has 0 bridgehead atoms. The van der Waals surface area contributed by atoms with E-state index in [4.69, 9.17) is 0 Å². The fourth-order valence-electron chi connectivity index (χ4n) is 3.16. The van der Waals surface area contributed by atoms with Gasteiger partial charge in [0.05, 0.1) is 5.01 Å². The Hall–Kier alpha value is -2.54. The van der Waals surface area contributed by atoms with E-state index in [1.807, 2.05) is 42.6 Å². The van der Waals surface area contributed by atoms with E-state index in [-0.39, 0.29) is 11.9 Å². The van der Waals surface area contributed by atoms with E-state index in [2.05, 4.69) is 25.1 Å². The highest BCUT2D eigenvalue weighted by atomic mass is 32.1. The second-order valence-corrected chi connectivity index (χ2v) is 7.27. The summed E-state index contributed by atoms with van der Waals surface area (Å²) in [6.45, 7) is 2.71.